The van der Waals surface area contributed by atoms with Crippen molar-refractivity contribution < 1.29 is 18.7 Å². The van der Waals surface area contributed by atoms with Crippen molar-refractivity contribution in [1.82, 2.24) is 0 Å². The fourth-order valence-corrected chi connectivity index (χ4v) is 2.06. The van der Waals surface area contributed by atoms with Crippen LogP contribution in [0.4, 0.5) is 10.1 Å². The molecule has 1 aromatic rings. The van der Waals surface area contributed by atoms with Crippen molar-refractivity contribution in [2.45, 2.75) is 25.0 Å². The molecule has 2 rings (SSSR count). The fraction of sp³-hybridized carbons (Fsp3) is 0.385. The second-order valence-electron chi connectivity index (χ2n) is 4.61. The molecule has 0 radical (unpaired) electrons. The molecule has 0 aromatic heterocycles. The number of carbonyl (C=O) groups excluding carboxylic acids is 2. The van der Waals surface area contributed by atoms with Gasteiger partial charge in [-0.1, -0.05) is 0 Å². The summed E-state index contributed by atoms with van der Waals surface area (Å²) in [6, 6.07) is 3.53. The number of amides is 2. The average Bonchev–Trinajstić information content (AvgIpc) is 2.89. The quantitative estimate of drug-likeness (QED) is 0.741. The third kappa shape index (κ3) is 3.12. The predicted octanol–water partition coefficient (Wildman–Crippen LogP) is 0.369. The number of hydrogen-bond acceptors (Lipinski definition) is 4. The van der Waals surface area contributed by atoms with Gasteiger partial charge < -0.3 is 21.5 Å². The van der Waals surface area contributed by atoms with Crippen LogP contribution in [0.15, 0.2) is 18.2 Å². The number of nitrogens with two attached hydrogens (primary N) is 2. The van der Waals surface area contributed by atoms with E-state index in [1.165, 1.54) is 12.1 Å². The third-order valence-electron chi connectivity index (χ3n) is 3.17. The van der Waals surface area contributed by atoms with Crippen LogP contribution in [-0.4, -0.2) is 30.6 Å². The fourth-order valence-electron chi connectivity index (χ4n) is 2.06. The van der Waals surface area contributed by atoms with Crippen LogP contribution in [-0.2, 0) is 9.53 Å². The molecule has 0 spiro atoms. The smallest absolute Gasteiger partial charge is 0.253 e. The standard InChI is InChI=1S/C13H16FN3O3/c14-9-3-1-7(12(16)18)5-10(9)17-13(19)11-4-2-8(6-15)20-11/h1,3,5,8,11H,2,4,6,15H2,(H2,16,18)(H,17,19). The minimum absolute atomic E-state index is 0.0916. The van der Waals surface area contributed by atoms with Gasteiger partial charge >= 0.3 is 0 Å². The third-order valence-corrected chi connectivity index (χ3v) is 3.17. The number of hydrogen-bond donors (Lipinski definition) is 3. The maximum absolute atomic E-state index is 13.6. The van der Waals surface area contributed by atoms with E-state index < -0.39 is 23.7 Å². The molecule has 20 heavy (non-hydrogen) atoms. The van der Waals surface area contributed by atoms with E-state index in [4.69, 9.17) is 16.2 Å². The maximum Gasteiger partial charge on any atom is 0.253 e. The van der Waals surface area contributed by atoms with Gasteiger partial charge in [0.25, 0.3) is 5.91 Å². The molecule has 0 saturated carbocycles. The largest absolute Gasteiger partial charge is 0.366 e. The maximum atomic E-state index is 13.6. The Kier molecular flexibility index (Phi) is 4.31. The topological polar surface area (TPSA) is 107 Å². The molecule has 1 aromatic carbocycles. The van der Waals surface area contributed by atoms with Crippen molar-refractivity contribution in [3.8, 4) is 0 Å². The van der Waals surface area contributed by atoms with Gasteiger partial charge in [0.1, 0.15) is 11.9 Å². The zero-order chi connectivity index (χ0) is 14.7. The highest BCUT2D eigenvalue weighted by atomic mass is 19.1. The molecule has 7 heteroatoms. The Labute approximate surface area is 115 Å². The van der Waals surface area contributed by atoms with Gasteiger partial charge in [-0.05, 0) is 31.0 Å². The number of halogens is 1. The Balaban J connectivity index is 2.08. The molecule has 1 heterocycles. The van der Waals surface area contributed by atoms with E-state index in [9.17, 15) is 14.0 Å². The highest BCUT2D eigenvalue weighted by Crippen LogP contribution is 2.22. The van der Waals surface area contributed by atoms with Gasteiger partial charge in [0.15, 0.2) is 0 Å². The summed E-state index contributed by atoms with van der Waals surface area (Å²) in [4.78, 5) is 23.0. The van der Waals surface area contributed by atoms with Crippen molar-refractivity contribution in [3.63, 3.8) is 0 Å². The molecule has 2 atom stereocenters. The molecule has 5 N–H and O–H groups in total. The number of carbonyl (C=O) groups is 2. The Bertz CT molecular complexity index is 536. The normalized spacial score (nSPS) is 21.7. The summed E-state index contributed by atoms with van der Waals surface area (Å²) < 4.78 is 19.0. The van der Waals surface area contributed by atoms with Crippen LogP contribution in [0.2, 0.25) is 0 Å². The zero-order valence-corrected chi connectivity index (χ0v) is 10.8. The molecule has 1 saturated heterocycles. The lowest BCUT2D eigenvalue weighted by molar-refractivity contribution is -0.126. The van der Waals surface area contributed by atoms with E-state index in [0.29, 0.717) is 19.4 Å². The highest BCUT2D eigenvalue weighted by molar-refractivity contribution is 5.97. The number of ether oxygens (including phenoxy) is 1. The van der Waals surface area contributed by atoms with E-state index in [1.54, 1.807) is 0 Å². The number of benzene rings is 1. The van der Waals surface area contributed by atoms with Crippen LogP contribution >= 0.6 is 0 Å². The minimum Gasteiger partial charge on any atom is -0.366 e. The number of primary amides is 1. The van der Waals surface area contributed by atoms with Crippen molar-refractivity contribution in [1.29, 1.82) is 0 Å². The summed E-state index contributed by atoms with van der Waals surface area (Å²) in [5.41, 5.74) is 10.6. The molecular weight excluding hydrogens is 265 g/mol. The van der Waals surface area contributed by atoms with Gasteiger partial charge in [0.2, 0.25) is 5.91 Å². The molecule has 2 unspecified atom stereocenters. The molecule has 0 aliphatic carbocycles. The molecule has 1 aliphatic rings. The summed E-state index contributed by atoms with van der Waals surface area (Å²) in [6.45, 7) is 0.343. The van der Waals surface area contributed by atoms with Crippen molar-refractivity contribution in [2.24, 2.45) is 11.5 Å². The summed E-state index contributed by atoms with van der Waals surface area (Å²) in [5, 5.41) is 2.40. The number of rotatable bonds is 4. The summed E-state index contributed by atoms with van der Waals surface area (Å²) in [6.07, 6.45) is 0.427. The number of anilines is 1. The van der Waals surface area contributed by atoms with Gasteiger partial charge in [0, 0.05) is 12.1 Å². The molecular formula is C13H16FN3O3. The van der Waals surface area contributed by atoms with Gasteiger partial charge in [-0.3, -0.25) is 9.59 Å². The van der Waals surface area contributed by atoms with Gasteiger partial charge in [0.05, 0.1) is 11.8 Å². The molecule has 0 bridgehead atoms. The zero-order valence-electron chi connectivity index (χ0n) is 10.8. The average molecular weight is 281 g/mol. The lowest BCUT2D eigenvalue weighted by Gasteiger charge is -2.13. The van der Waals surface area contributed by atoms with E-state index in [1.807, 2.05) is 0 Å². The molecule has 1 aliphatic heterocycles. The lowest BCUT2D eigenvalue weighted by atomic mass is 10.1. The second kappa shape index (κ2) is 5.98. The van der Waals surface area contributed by atoms with Crippen LogP contribution in [0.25, 0.3) is 0 Å². The Morgan fingerprint density at radius 3 is 2.75 bits per heavy atom. The molecule has 1 fully saturated rings. The van der Waals surface area contributed by atoms with E-state index >= 15 is 0 Å². The first-order valence-electron chi connectivity index (χ1n) is 6.27. The van der Waals surface area contributed by atoms with E-state index in [2.05, 4.69) is 5.32 Å². The van der Waals surface area contributed by atoms with Crippen LogP contribution in [0.3, 0.4) is 0 Å². The first-order valence-corrected chi connectivity index (χ1v) is 6.27. The molecule has 108 valence electrons. The van der Waals surface area contributed by atoms with Crippen LogP contribution in [0.5, 0.6) is 0 Å². The molecule has 6 nitrogen and oxygen atoms in total. The highest BCUT2D eigenvalue weighted by Gasteiger charge is 2.30. The number of nitrogens with one attached hydrogen (secondary N) is 1. The van der Waals surface area contributed by atoms with Crippen LogP contribution < -0.4 is 16.8 Å². The van der Waals surface area contributed by atoms with Crippen molar-refractivity contribution in [2.75, 3.05) is 11.9 Å². The van der Waals surface area contributed by atoms with Gasteiger partial charge in [-0.2, -0.15) is 0 Å². The van der Waals surface area contributed by atoms with Gasteiger partial charge in [-0.25, -0.2) is 4.39 Å². The van der Waals surface area contributed by atoms with Crippen molar-refractivity contribution >= 4 is 17.5 Å². The second-order valence-corrected chi connectivity index (χ2v) is 4.61. The molecule has 2 amide bonds. The van der Waals surface area contributed by atoms with E-state index in [-0.39, 0.29) is 17.4 Å². The van der Waals surface area contributed by atoms with Crippen LogP contribution in [0.1, 0.15) is 23.2 Å². The Morgan fingerprint density at radius 2 is 2.15 bits per heavy atom. The van der Waals surface area contributed by atoms with Crippen LogP contribution in [0, 0.1) is 5.82 Å². The van der Waals surface area contributed by atoms with E-state index in [0.717, 1.165) is 6.07 Å². The summed E-state index contributed by atoms with van der Waals surface area (Å²) >= 11 is 0. The lowest BCUT2D eigenvalue weighted by Crippen LogP contribution is -2.30. The van der Waals surface area contributed by atoms with Gasteiger partial charge in [-0.15, -0.1) is 0 Å². The minimum atomic E-state index is -0.694. The Morgan fingerprint density at radius 1 is 1.40 bits per heavy atom. The van der Waals surface area contributed by atoms with Crippen molar-refractivity contribution in [3.05, 3.63) is 29.6 Å². The first-order chi connectivity index (χ1) is 9.51. The SMILES string of the molecule is NCC1CCC(C(=O)Nc2cc(C(N)=O)ccc2F)O1. The summed E-state index contributed by atoms with van der Waals surface area (Å²) in [7, 11) is 0. The monoisotopic (exact) mass is 281 g/mol. The summed E-state index contributed by atoms with van der Waals surface area (Å²) in [5.74, 6) is -1.79. The predicted molar refractivity (Wildman–Crippen MR) is 70.5 cm³/mol. The first kappa shape index (κ1) is 14.4. The Hall–Kier alpha value is -1.99.